The molecule has 3 heteroatoms. The van der Waals surface area contributed by atoms with Crippen LogP contribution in [-0.2, 0) is 4.74 Å². The van der Waals surface area contributed by atoms with Gasteiger partial charge in [0.05, 0.1) is 6.10 Å². The van der Waals surface area contributed by atoms with E-state index >= 15 is 0 Å². The Balaban J connectivity index is 2.22. The average molecular weight is 199 g/mol. The van der Waals surface area contributed by atoms with Gasteiger partial charge in [-0.2, -0.15) is 0 Å². The summed E-state index contributed by atoms with van der Waals surface area (Å²) < 4.78 is 5.23. The zero-order valence-corrected chi connectivity index (χ0v) is 6.78. The Kier molecular flexibility index (Phi) is 2.60. The fraction of sp³-hybridized carbons (Fsp3) is 1.00. The third kappa shape index (κ3) is 1.61. The van der Waals surface area contributed by atoms with Crippen LogP contribution in [0.15, 0.2) is 0 Å². The Hall–Kier alpha value is 0.730. The van der Waals surface area contributed by atoms with E-state index in [1.165, 1.54) is 0 Å². The average Bonchev–Trinajstić information content (AvgIpc) is 2.14. The van der Waals surface area contributed by atoms with Gasteiger partial charge >= 0.3 is 0 Å². The molecule has 1 fully saturated rings. The largest absolute Gasteiger partial charge is 0.358 e. The van der Waals surface area contributed by atoms with Gasteiger partial charge in [0.15, 0.2) is 0 Å². The molecule has 0 saturated carbocycles. The second-order valence-electron chi connectivity index (χ2n) is 1.90. The third-order valence-electron chi connectivity index (χ3n) is 1.23. The molecule has 0 aromatic heterocycles. The summed E-state index contributed by atoms with van der Waals surface area (Å²) in [5.41, 5.74) is -0.0300. The number of hydrogen-bond acceptors (Lipinski definition) is 1. The molecule has 2 unspecified atom stereocenters. The van der Waals surface area contributed by atoms with Crippen LogP contribution in [-0.4, -0.2) is 17.0 Å². The quantitative estimate of drug-likeness (QED) is 0.588. The van der Waals surface area contributed by atoms with Crippen molar-refractivity contribution in [1.82, 2.24) is 0 Å². The maximum atomic E-state index is 5.64. The minimum Gasteiger partial charge on any atom is -0.358 e. The summed E-state index contributed by atoms with van der Waals surface area (Å²) in [7, 11) is 0. The van der Waals surface area contributed by atoms with Crippen LogP contribution in [0.4, 0.5) is 0 Å². The molecule has 0 N–H and O–H groups in total. The summed E-state index contributed by atoms with van der Waals surface area (Å²) in [4.78, 5) is 0. The lowest BCUT2D eigenvalue weighted by Gasteiger charge is -2.03. The van der Waals surface area contributed by atoms with Gasteiger partial charge in [0.25, 0.3) is 0 Å². The minimum atomic E-state index is -0.0300. The molecule has 8 heavy (non-hydrogen) atoms. The fourth-order valence-corrected chi connectivity index (χ4v) is 1.52. The highest BCUT2D eigenvalue weighted by Gasteiger charge is 2.21. The lowest BCUT2D eigenvalue weighted by Crippen LogP contribution is -2.07. The van der Waals surface area contributed by atoms with Gasteiger partial charge < -0.3 is 4.74 Å². The summed E-state index contributed by atoms with van der Waals surface area (Å²) in [6.07, 6.45) is 2.45. The first kappa shape index (κ1) is 6.84. The van der Waals surface area contributed by atoms with Gasteiger partial charge in [0.1, 0.15) is 5.56 Å². The molecule has 0 bridgehead atoms. The maximum absolute atomic E-state index is 5.64. The maximum Gasteiger partial charge on any atom is 0.131 e. The Morgan fingerprint density at radius 3 is 2.62 bits per heavy atom. The van der Waals surface area contributed by atoms with Crippen LogP contribution >= 0.6 is 27.5 Å². The summed E-state index contributed by atoms with van der Waals surface area (Å²) in [5.74, 6) is 0. The van der Waals surface area contributed by atoms with E-state index in [-0.39, 0.29) is 5.56 Å². The highest BCUT2D eigenvalue weighted by atomic mass is 79.9. The van der Waals surface area contributed by atoms with Crippen LogP contribution in [0, 0.1) is 0 Å². The lowest BCUT2D eigenvalue weighted by atomic mass is 10.3. The van der Waals surface area contributed by atoms with Crippen LogP contribution in [0.2, 0.25) is 0 Å². The number of halogens is 2. The van der Waals surface area contributed by atoms with Gasteiger partial charge in [-0.3, -0.25) is 0 Å². The minimum absolute atomic E-state index is 0.0300. The highest BCUT2D eigenvalue weighted by molar-refractivity contribution is 9.09. The highest BCUT2D eigenvalue weighted by Crippen LogP contribution is 2.22. The van der Waals surface area contributed by atoms with E-state index in [0.29, 0.717) is 6.10 Å². The van der Waals surface area contributed by atoms with Gasteiger partial charge in [-0.25, -0.2) is 0 Å². The number of rotatable bonds is 1. The molecule has 48 valence electrons. The van der Waals surface area contributed by atoms with Crippen LogP contribution in [0.25, 0.3) is 0 Å². The second kappa shape index (κ2) is 3.04. The van der Waals surface area contributed by atoms with Gasteiger partial charge in [0, 0.05) is 5.33 Å². The third-order valence-corrected chi connectivity index (χ3v) is 2.27. The zero-order valence-electron chi connectivity index (χ0n) is 4.44. The van der Waals surface area contributed by atoms with Gasteiger partial charge in [-0.05, 0) is 12.8 Å². The fourth-order valence-electron chi connectivity index (χ4n) is 0.775. The predicted octanol–water partition coefficient (Wildman–Crippen LogP) is 2.13. The Morgan fingerprint density at radius 1 is 1.62 bits per heavy atom. The van der Waals surface area contributed by atoms with Crippen molar-refractivity contribution in [3.05, 3.63) is 0 Å². The number of ether oxygens (including phenoxy) is 1. The lowest BCUT2D eigenvalue weighted by molar-refractivity contribution is 0.106. The first-order valence-electron chi connectivity index (χ1n) is 2.68. The predicted molar refractivity (Wildman–Crippen MR) is 37.5 cm³/mol. The van der Waals surface area contributed by atoms with E-state index < -0.39 is 0 Å². The molecule has 1 aliphatic heterocycles. The summed E-state index contributed by atoms with van der Waals surface area (Å²) in [5, 5.41) is 0.913. The normalized spacial score (nSPS) is 38.2. The van der Waals surface area contributed by atoms with Crippen LogP contribution in [0.3, 0.4) is 0 Å². The van der Waals surface area contributed by atoms with Crippen LogP contribution in [0.1, 0.15) is 12.8 Å². The van der Waals surface area contributed by atoms with E-state index in [9.17, 15) is 0 Å². The van der Waals surface area contributed by atoms with Gasteiger partial charge in [-0.1, -0.05) is 27.5 Å². The molecule has 1 heterocycles. The van der Waals surface area contributed by atoms with Crippen LogP contribution < -0.4 is 0 Å². The standard InChI is InChI=1S/C5H8BrClO/c6-3-4-1-2-5(7)8-4/h4-5H,1-3H2. The number of hydrogen-bond donors (Lipinski definition) is 0. The zero-order chi connectivity index (χ0) is 5.98. The molecule has 0 spiro atoms. The first-order chi connectivity index (χ1) is 3.83. The molecule has 1 saturated heterocycles. The van der Waals surface area contributed by atoms with E-state index in [1.807, 2.05) is 0 Å². The second-order valence-corrected chi connectivity index (χ2v) is 3.03. The summed E-state index contributed by atoms with van der Waals surface area (Å²) in [6.45, 7) is 0. The monoisotopic (exact) mass is 198 g/mol. The van der Waals surface area contributed by atoms with E-state index in [4.69, 9.17) is 16.3 Å². The van der Waals surface area contributed by atoms with E-state index in [0.717, 1.165) is 18.2 Å². The van der Waals surface area contributed by atoms with Crippen molar-refractivity contribution in [1.29, 1.82) is 0 Å². The van der Waals surface area contributed by atoms with E-state index in [2.05, 4.69) is 15.9 Å². The Morgan fingerprint density at radius 2 is 2.38 bits per heavy atom. The molecular formula is C5H8BrClO. The van der Waals surface area contributed by atoms with Gasteiger partial charge in [0.2, 0.25) is 0 Å². The Labute approximate surface area is 62.5 Å². The van der Waals surface area contributed by atoms with Crippen molar-refractivity contribution >= 4 is 27.5 Å². The molecule has 0 radical (unpaired) electrons. The smallest absolute Gasteiger partial charge is 0.131 e. The molecule has 1 rings (SSSR count). The van der Waals surface area contributed by atoms with Crippen molar-refractivity contribution in [3.63, 3.8) is 0 Å². The first-order valence-corrected chi connectivity index (χ1v) is 4.24. The molecule has 0 aromatic rings. The van der Waals surface area contributed by atoms with E-state index in [1.54, 1.807) is 0 Å². The summed E-state index contributed by atoms with van der Waals surface area (Å²) in [6, 6.07) is 0. The molecule has 0 aliphatic carbocycles. The van der Waals surface area contributed by atoms with Crippen molar-refractivity contribution in [3.8, 4) is 0 Å². The Bertz CT molecular complexity index is 78.8. The molecule has 2 atom stereocenters. The molecule has 0 amide bonds. The molecule has 1 nitrogen and oxygen atoms in total. The number of alkyl halides is 2. The molecule has 0 aromatic carbocycles. The van der Waals surface area contributed by atoms with Crippen LogP contribution in [0.5, 0.6) is 0 Å². The molecular weight excluding hydrogens is 191 g/mol. The van der Waals surface area contributed by atoms with Crippen molar-refractivity contribution < 1.29 is 4.74 Å². The SMILES string of the molecule is ClC1CCC(CBr)O1. The van der Waals surface area contributed by atoms with Crippen molar-refractivity contribution in [2.75, 3.05) is 5.33 Å². The summed E-state index contributed by atoms with van der Waals surface area (Å²) >= 11 is 8.96. The topological polar surface area (TPSA) is 9.23 Å². The molecule has 1 aliphatic rings. The van der Waals surface area contributed by atoms with Gasteiger partial charge in [-0.15, -0.1) is 0 Å². The van der Waals surface area contributed by atoms with Crippen molar-refractivity contribution in [2.45, 2.75) is 24.5 Å². The van der Waals surface area contributed by atoms with Crippen molar-refractivity contribution in [2.24, 2.45) is 0 Å².